The topological polar surface area (TPSA) is 55.8 Å². The summed E-state index contributed by atoms with van der Waals surface area (Å²) in [5.41, 5.74) is 0.238. The van der Waals surface area contributed by atoms with E-state index in [0.29, 0.717) is 0 Å². The summed E-state index contributed by atoms with van der Waals surface area (Å²) in [6, 6.07) is 3.92. The summed E-state index contributed by atoms with van der Waals surface area (Å²) in [7, 11) is 0. The van der Waals surface area contributed by atoms with Crippen molar-refractivity contribution in [3.05, 3.63) is 29.8 Å². The Hall–Kier alpha value is -1.97. The van der Waals surface area contributed by atoms with Gasteiger partial charge in [0.2, 0.25) is 0 Å². The van der Waals surface area contributed by atoms with Crippen LogP contribution in [0.15, 0.2) is 24.3 Å². The number of ether oxygens (including phenoxy) is 2. The molecule has 0 spiro atoms. The monoisotopic (exact) mass is 318 g/mol. The fourth-order valence-corrected chi connectivity index (χ4v) is 1.24. The van der Waals surface area contributed by atoms with Gasteiger partial charge in [0, 0.05) is 0 Å². The highest BCUT2D eigenvalue weighted by Crippen LogP contribution is 2.31. The molecule has 1 atom stereocenters. The lowest BCUT2D eigenvalue weighted by Gasteiger charge is -2.22. The molecule has 118 valence electrons. The van der Waals surface area contributed by atoms with Gasteiger partial charge in [0.25, 0.3) is 0 Å². The molecule has 0 radical (unpaired) electrons. The summed E-state index contributed by atoms with van der Waals surface area (Å²) >= 11 is 0. The lowest BCUT2D eigenvalue weighted by molar-refractivity contribution is -0.411. The van der Waals surface area contributed by atoms with Gasteiger partial charge >= 0.3 is 24.8 Å². The highest BCUT2D eigenvalue weighted by molar-refractivity contribution is 5.70. The summed E-state index contributed by atoms with van der Waals surface area (Å²) in [4.78, 5) is 10.4. The molecule has 21 heavy (non-hydrogen) atoms. The first-order chi connectivity index (χ1) is 9.49. The van der Waals surface area contributed by atoms with Gasteiger partial charge in [-0.25, -0.2) is 9.13 Å². The van der Waals surface area contributed by atoms with Crippen LogP contribution in [-0.2, 0) is 16.0 Å². The van der Waals surface area contributed by atoms with Gasteiger partial charge in [-0.05, 0) is 17.7 Å². The van der Waals surface area contributed by atoms with Crippen LogP contribution in [0.4, 0.5) is 26.3 Å². The number of rotatable bonds is 6. The molecule has 0 amide bonds. The van der Waals surface area contributed by atoms with Crippen molar-refractivity contribution < 1.29 is 45.7 Å². The zero-order chi connectivity index (χ0) is 16.3. The number of hydrogen-bond donors (Lipinski definition) is 1. The molecule has 0 aliphatic rings. The van der Waals surface area contributed by atoms with E-state index in [0.717, 1.165) is 24.3 Å². The van der Waals surface area contributed by atoms with Gasteiger partial charge in [0.1, 0.15) is 5.75 Å². The van der Waals surface area contributed by atoms with Crippen LogP contribution in [0.2, 0.25) is 0 Å². The third kappa shape index (κ3) is 5.90. The molecule has 1 unspecified atom stereocenters. The SMILES string of the molecule is O=C(O)Cc1ccc(OC(F)(F)C(F)OC(F)(F)F)cc1. The van der Waals surface area contributed by atoms with Gasteiger partial charge < -0.3 is 9.84 Å². The average molecular weight is 318 g/mol. The maximum atomic E-state index is 13.0. The van der Waals surface area contributed by atoms with Crippen LogP contribution in [0.1, 0.15) is 5.56 Å². The predicted octanol–water partition coefficient (Wildman–Crippen LogP) is 3.12. The molecular weight excluding hydrogens is 310 g/mol. The van der Waals surface area contributed by atoms with Gasteiger partial charge in [-0.15, -0.1) is 13.2 Å². The van der Waals surface area contributed by atoms with Crippen LogP contribution >= 0.6 is 0 Å². The second-order valence-electron chi connectivity index (χ2n) is 3.76. The Morgan fingerprint density at radius 2 is 1.67 bits per heavy atom. The molecule has 0 aromatic heterocycles. The van der Waals surface area contributed by atoms with Gasteiger partial charge in [-0.3, -0.25) is 4.79 Å². The summed E-state index contributed by atoms with van der Waals surface area (Å²) < 4.78 is 80.0. The van der Waals surface area contributed by atoms with E-state index in [9.17, 15) is 31.1 Å². The zero-order valence-electron chi connectivity index (χ0n) is 10.0. The molecule has 1 N–H and O–H groups in total. The maximum Gasteiger partial charge on any atom is 0.525 e. The minimum absolute atomic E-state index is 0.238. The van der Waals surface area contributed by atoms with E-state index in [4.69, 9.17) is 5.11 Å². The van der Waals surface area contributed by atoms with E-state index < -0.39 is 30.5 Å². The van der Waals surface area contributed by atoms with Crippen molar-refractivity contribution in [2.24, 2.45) is 0 Å². The molecule has 0 bridgehead atoms. The number of halogens is 6. The molecule has 0 saturated heterocycles. The van der Waals surface area contributed by atoms with Crippen molar-refractivity contribution in [1.82, 2.24) is 0 Å². The Morgan fingerprint density at radius 3 is 2.10 bits per heavy atom. The van der Waals surface area contributed by atoms with E-state index in [-0.39, 0.29) is 12.0 Å². The minimum atomic E-state index is -5.59. The van der Waals surface area contributed by atoms with E-state index >= 15 is 0 Å². The predicted molar refractivity (Wildman–Crippen MR) is 55.4 cm³/mol. The molecule has 4 nitrogen and oxygen atoms in total. The number of carbonyl (C=O) groups is 1. The first kappa shape index (κ1) is 17.1. The van der Waals surface area contributed by atoms with Crippen LogP contribution in [0.5, 0.6) is 5.75 Å². The van der Waals surface area contributed by atoms with Gasteiger partial charge in [-0.1, -0.05) is 12.1 Å². The van der Waals surface area contributed by atoms with Gasteiger partial charge in [0.05, 0.1) is 6.42 Å². The van der Waals surface area contributed by atoms with Crippen LogP contribution < -0.4 is 4.74 Å². The van der Waals surface area contributed by atoms with Crippen LogP contribution in [0, 0.1) is 0 Å². The molecule has 0 saturated carbocycles. The molecule has 1 aromatic carbocycles. The quantitative estimate of drug-likeness (QED) is 0.819. The van der Waals surface area contributed by atoms with Crippen molar-refractivity contribution >= 4 is 5.97 Å². The molecule has 0 aliphatic carbocycles. The van der Waals surface area contributed by atoms with E-state index in [2.05, 4.69) is 9.47 Å². The molecule has 1 rings (SSSR count). The number of aliphatic carboxylic acids is 1. The highest BCUT2D eigenvalue weighted by Gasteiger charge is 2.50. The third-order valence-electron chi connectivity index (χ3n) is 2.03. The van der Waals surface area contributed by atoms with Crippen LogP contribution in [0.25, 0.3) is 0 Å². The zero-order valence-corrected chi connectivity index (χ0v) is 10.0. The third-order valence-corrected chi connectivity index (χ3v) is 2.03. The van der Waals surface area contributed by atoms with Crippen molar-refractivity contribution in [2.75, 3.05) is 0 Å². The molecule has 0 aliphatic heterocycles. The average Bonchev–Trinajstić information content (AvgIpc) is 2.28. The van der Waals surface area contributed by atoms with Gasteiger partial charge in [0.15, 0.2) is 0 Å². The number of hydrogen-bond acceptors (Lipinski definition) is 3. The lowest BCUT2D eigenvalue weighted by atomic mass is 10.1. The Labute approximate surface area is 113 Å². The summed E-state index contributed by atoms with van der Waals surface area (Å²) in [6.45, 7) is 0. The smallest absolute Gasteiger partial charge is 0.481 e. The normalized spacial score (nSPS) is 13.8. The lowest BCUT2D eigenvalue weighted by Crippen LogP contribution is -2.41. The maximum absolute atomic E-state index is 13.0. The summed E-state index contributed by atoms with van der Waals surface area (Å²) in [5.74, 6) is -1.82. The second kappa shape index (κ2) is 6.20. The largest absolute Gasteiger partial charge is 0.525 e. The number of benzene rings is 1. The Bertz CT molecular complexity index is 484. The minimum Gasteiger partial charge on any atom is -0.481 e. The van der Waals surface area contributed by atoms with E-state index in [1.165, 1.54) is 0 Å². The summed E-state index contributed by atoms with van der Waals surface area (Å²) in [6.07, 6.45) is -14.9. The summed E-state index contributed by atoms with van der Waals surface area (Å²) in [5, 5.41) is 8.48. The standard InChI is InChI=1S/C11H8F6O4/c12-9(21-11(15,16)17)10(13,14)20-7-3-1-6(2-4-7)5-8(18)19/h1-4,9H,5H2,(H,18,19). The molecule has 0 fully saturated rings. The van der Waals surface area contributed by atoms with Crippen LogP contribution in [-0.4, -0.2) is 29.9 Å². The molecule has 0 heterocycles. The van der Waals surface area contributed by atoms with Crippen molar-refractivity contribution in [3.8, 4) is 5.75 Å². The van der Waals surface area contributed by atoms with Crippen molar-refractivity contribution in [3.63, 3.8) is 0 Å². The molecule has 10 heteroatoms. The first-order valence-corrected chi connectivity index (χ1v) is 5.26. The van der Waals surface area contributed by atoms with Gasteiger partial charge in [-0.2, -0.15) is 8.78 Å². The molecular formula is C11H8F6O4. The number of carboxylic acid groups (broad SMARTS) is 1. The Balaban J connectivity index is 2.72. The van der Waals surface area contributed by atoms with Crippen LogP contribution in [0.3, 0.4) is 0 Å². The Morgan fingerprint density at radius 1 is 1.14 bits per heavy atom. The number of alkyl halides is 6. The molecule has 1 aromatic rings. The van der Waals surface area contributed by atoms with E-state index in [1.807, 2.05) is 0 Å². The van der Waals surface area contributed by atoms with E-state index in [1.54, 1.807) is 0 Å². The van der Waals surface area contributed by atoms with Crippen molar-refractivity contribution in [1.29, 1.82) is 0 Å². The fourth-order valence-electron chi connectivity index (χ4n) is 1.24. The highest BCUT2D eigenvalue weighted by atomic mass is 19.4. The Kier molecular flexibility index (Phi) is 5.05. The second-order valence-corrected chi connectivity index (χ2v) is 3.76. The number of carboxylic acids is 1. The first-order valence-electron chi connectivity index (χ1n) is 5.26. The fraction of sp³-hybridized carbons (Fsp3) is 0.364. The van der Waals surface area contributed by atoms with Crippen molar-refractivity contribution in [2.45, 2.75) is 25.2 Å².